The summed E-state index contributed by atoms with van der Waals surface area (Å²) in [7, 11) is 0. The summed E-state index contributed by atoms with van der Waals surface area (Å²) >= 11 is 7.09. The summed E-state index contributed by atoms with van der Waals surface area (Å²) in [4.78, 5) is 9.86. The molecule has 2 aliphatic rings. The number of rotatable bonds is 7. The Hall–Kier alpha value is -1.80. The van der Waals surface area contributed by atoms with Gasteiger partial charge in [0.2, 0.25) is 0 Å². The quantitative estimate of drug-likeness (QED) is 0.195. The van der Waals surface area contributed by atoms with E-state index in [1.165, 1.54) is 39.2 Å². The Morgan fingerprint density at radius 1 is 0.444 bits per heavy atom. The van der Waals surface area contributed by atoms with Gasteiger partial charge in [-0.25, -0.2) is 0 Å². The van der Waals surface area contributed by atoms with E-state index in [0.717, 1.165) is 24.0 Å². The molecule has 2 aliphatic heterocycles. The van der Waals surface area contributed by atoms with Crippen molar-refractivity contribution >= 4 is 47.0 Å². The molecule has 2 heterocycles. The molecule has 0 spiro atoms. The molecule has 0 radical (unpaired) electrons. The first-order valence-corrected chi connectivity index (χ1v) is 15.5. The summed E-state index contributed by atoms with van der Waals surface area (Å²) in [5.74, 6) is 0. The van der Waals surface area contributed by atoms with Gasteiger partial charge >= 0.3 is 0 Å². The molecular weight excluding hydrogens is 521 g/mol. The summed E-state index contributed by atoms with van der Waals surface area (Å²) < 4.78 is 0. The molecule has 2 N–H and O–H groups in total. The van der Waals surface area contributed by atoms with Crippen LogP contribution in [0, 0.1) is 0 Å². The zero-order chi connectivity index (χ0) is 24.5. The third-order valence-electron chi connectivity index (χ3n) is 6.50. The van der Waals surface area contributed by atoms with Crippen LogP contribution in [0.2, 0.25) is 0 Å². The maximum Gasteiger partial charge on any atom is 0.0801 e. The second-order valence-corrected chi connectivity index (χ2v) is 13.2. The Morgan fingerprint density at radius 3 is 1.22 bits per heavy atom. The highest BCUT2D eigenvalue weighted by Crippen LogP contribution is 2.52. The molecule has 182 valence electrons. The number of aliphatic hydroxyl groups excluding tert-OH is 2. The third kappa shape index (κ3) is 5.00. The minimum absolute atomic E-state index is 0.497. The summed E-state index contributed by atoms with van der Waals surface area (Å²) in [5, 5.41) is 22.1. The molecule has 0 aliphatic carbocycles. The van der Waals surface area contributed by atoms with Gasteiger partial charge in [-0.2, -0.15) is 0 Å². The van der Waals surface area contributed by atoms with E-state index in [4.69, 9.17) is 0 Å². The fourth-order valence-electron chi connectivity index (χ4n) is 4.65. The van der Waals surface area contributed by atoms with Gasteiger partial charge in [0.15, 0.2) is 0 Å². The van der Waals surface area contributed by atoms with Gasteiger partial charge in [0.1, 0.15) is 0 Å². The summed E-state index contributed by atoms with van der Waals surface area (Å²) in [6, 6.07) is 29.4. The molecule has 0 amide bonds. The molecule has 36 heavy (non-hydrogen) atoms. The highest BCUT2D eigenvalue weighted by Gasteiger charge is 2.24. The predicted octanol–water partition coefficient (Wildman–Crippen LogP) is 9.25. The zero-order valence-electron chi connectivity index (χ0n) is 19.6. The van der Waals surface area contributed by atoms with Gasteiger partial charge in [-0.3, -0.25) is 0 Å². The Balaban J connectivity index is 1.08. The first kappa shape index (κ1) is 24.5. The van der Waals surface area contributed by atoms with E-state index in [-0.39, 0.29) is 0 Å². The van der Waals surface area contributed by atoms with E-state index in [1.54, 1.807) is 47.0 Å². The van der Waals surface area contributed by atoms with E-state index in [0.29, 0.717) is 12.8 Å². The lowest BCUT2D eigenvalue weighted by Crippen LogP contribution is -2.04. The van der Waals surface area contributed by atoms with Crippen molar-refractivity contribution in [3.05, 3.63) is 96.1 Å². The maximum absolute atomic E-state index is 11.1. The largest absolute Gasteiger partial charge is 0.388 e. The molecule has 4 aromatic carbocycles. The van der Waals surface area contributed by atoms with Crippen molar-refractivity contribution in [2.24, 2.45) is 0 Å². The minimum atomic E-state index is -0.497. The Kier molecular flexibility index (Phi) is 7.43. The van der Waals surface area contributed by atoms with Crippen molar-refractivity contribution in [1.82, 2.24) is 0 Å². The summed E-state index contributed by atoms with van der Waals surface area (Å²) in [5.41, 5.74) is 2.04. The van der Waals surface area contributed by atoms with Crippen LogP contribution >= 0.6 is 47.0 Å². The molecule has 6 rings (SSSR count). The zero-order valence-corrected chi connectivity index (χ0v) is 22.9. The Bertz CT molecular complexity index is 1300. The minimum Gasteiger partial charge on any atom is -0.388 e. The second-order valence-electron chi connectivity index (χ2n) is 8.97. The first-order chi connectivity index (χ1) is 17.7. The predicted molar refractivity (Wildman–Crippen MR) is 151 cm³/mol. The van der Waals surface area contributed by atoms with Crippen LogP contribution in [0.1, 0.15) is 49.0 Å². The van der Waals surface area contributed by atoms with Gasteiger partial charge in [-0.05, 0) is 60.4 Å². The highest BCUT2D eigenvalue weighted by atomic mass is 32.2. The summed E-state index contributed by atoms with van der Waals surface area (Å²) in [6.45, 7) is 0. The molecule has 2 nitrogen and oxygen atoms in total. The van der Waals surface area contributed by atoms with Crippen molar-refractivity contribution < 1.29 is 10.2 Å². The van der Waals surface area contributed by atoms with Crippen LogP contribution < -0.4 is 0 Å². The smallest absolute Gasteiger partial charge is 0.0801 e. The van der Waals surface area contributed by atoms with Crippen molar-refractivity contribution in [1.29, 1.82) is 0 Å². The van der Waals surface area contributed by atoms with Crippen LogP contribution in [-0.2, 0) is 0 Å². The molecule has 2 unspecified atom stereocenters. The molecule has 0 bridgehead atoms. The van der Waals surface area contributed by atoms with E-state index in [9.17, 15) is 10.2 Å². The molecule has 0 saturated heterocycles. The van der Waals surface area contributed by atoms with E-state index in [1.807, 2.05) is 0 Å². The molecule has 4 aromatic rings. The normalized spacial score (nSPS) is 15.3. The molecule has 2 atom stereocenters. The molecule has 0 fully saturated rings. The van der Waals surface area contributed by atoms with Crippen LogP contribution in [0.4, 0.5) is 0 Å². The summed E-state index contributed by atoms with van der Waals surface area (Å²) in [6.07, 6.45) is 2.14. The Labute approximate surface area is 229 Å². The van der Waals surface area contributed by atoms with Gasteiger partial charge < -0.3 is 10.2 Å². The van der Waals surface area contributed by atoms with Crippen LogP contribution in [0.25, 0.3) is 0 Å². The number of aliphatic hydroxyl groups is 2. The Morgan fingerprint density at radius 2 is 0.806 bits per heavy atom. The van der Waals surface area contributed by atoms with E-state index < -0.39 is 12.2 Å². The molecule has 6 heteroatoms. The van der Waals surface area contributed by atoms with Gasteiger partial charge in [-0.15, -0.1) is 0 Å². The lowest BCUT2D eigenvalue weighted by atomic mass is 9.99. The average Bonchev–Trinajstić information content (AvgIpc) is 2.92. The number of fused-ring (bicyclic) bond motifs is 4. The third-order valence-corrected chi connectivity index (χ3v) is 11.8. The van der Waals surface area contributed by atoms with Crippen molar-refractivity contribution in [2.75, 3.05) is 0 Å². The fraction of sp³-hybridized carbons (Fsp3) is 0.200. The average molecular weight is 547 g/mol. The van der Waals surface area contributed by atoms with Gasteiger partial charge in [0.05, 0.1) is 12.2 Å². The topological polar surface area (TPSA) is 40.5 Å². The van der Waals surface area contributed by atoms with Crippen LogP contribution in [0.5, 0.6) is 0 Å². The van der Waals surface area contributed by atoms with Gasteiger partial charge in [0, 0.05) is 39.2 Å². The van der Waals surface area contributed by atoms with Gasteiger partial charge in [0.25, 0.3) is 0 Å². The van der Waals surface area contributed by atoms with Crippen molar-refractivity contribution in [2.45, 2.75) is 77.1 Å². The number of benzene rings is 4. The maximum atomic E-state index is 11.1. The molecule has 0 aromatic heterocycles. The van der Waals surface area contributed by atoms with Gasteiger partial charge in [-0.1, -0.05) is 108 Å². The second kappa shape index (κ2) is 10.9. The highest BCUT2D eigenvalue weighted by molar-refractivity contribution is 8.05. The van der Waals surface area contributed by atoms with Crippen LogP contribution in [-0.4, -0.2) is 10.2 Å². The SMILES string of the molecule is OC(CCCCC(O)c1cccc2c1Sc1ccccc1S2)c1cccc2c1Sc1ccccc1S2. The van der Waals surface area contributed by atoms with Crippen molar-refractivity contribution in [3.63, 3.8) is 0 Å². The number of hydrogen-bond donors (Lipinski definition) is 2. The first-order valence-electron chi connectivity index (χ1n) is 12.2. The van der Waals surface area contributed by atoms with Crippen molar-refractivity contribution in [3.8, 4) is 0 Å². The number of hydrogen-bond acceptors (Lipinski definition) is 6. The number of unbranched alkanes of at least 4 members (excludes halogenated alkanes) is 1. The molecule has 0 saturated carbocycles. The van der Waals surface area contributed by atoms with E-state index in [2.05, 4.69) is 84.9 Å². The van der Waals surface area contributed by atoms with Crippen LogP contribution in [0.3, 0.4) is 0 Å². The lowest BCUT2D eigenvalue weighted by molar-refractivity contribution is 0.143. The monoisotopic (exact) mass is 546 g/mol. The fourth-order valence-corrected chi connectivity index (χ4v) is 9.52. The lowest BCUT2D eigenvalue weighted by Gasteiger charge is -2.24. The van der Waals surface area contributed by atoms with Crippen LogP contribution in [0.15, 0.2) is 124 Å². The molecular formula is C30H26O2S4. The standard InChI is InChI=1S/C30H26O2S4/c31-21(19-9-7-17-27-29(19)35-25-15-5-3-13-23(25)33-27)11-1-2-12-22(32)20-10-8-18-28-30(20)36-26-16-6-4-14-24(26)34-28/h3-10,13-18,21-22,31-32H,1-2,11-12H2. The van der Waals surface area contributed by atoms with E-state index >= 15 is 0 Å².